The van der Waals surface area contributed by atoms with Gasteiger partial charge in [0.05, 0.1) is 6.26 Å². The van der Waals surface area contributed by atoms with E-state index in [9.17, 15) is 4.79 Å². The monoisotopic (exact) mass is 255 g/mol. The van der Waals surface area contributed by atoms with E-state index in [1.807, 2.05) is 30.3 Å². The lowest BCUT2D eigenvalue weighted by molar-refractivity contribution is -0.0845. The van der Waals surface area contributed by atoms with Gasteiger partial charge in [0, 0.05) is 19.8 Å². The van der Waals surface area contributed by atoms with Gasteiger partial charge in [-0.3, -0.25) is 4.79 Å². The summed E-state index contributed by atoms with van der Waals surface area (Å²) < 4.78 is 10.3. The van der Waals surface area contributed by atoms with Crippen LogP contribution in [-0.4, -0.2) is 44.1 Å². The molecular weight excluding hydrogens is 236 g/mol. The number of Topliss-reactive ketones (excluding diaryl/α,β-unsaturated/α-hetero) is 1. The number of rotatable bonds is 7. The van der Waals surface area contributed by atoms with Crippen molar-refractivity contribution in [2.75, 3.05) is 32.0 Å². The minimum absolute atomic E-state index is 0.0300. The first-order chi connectivity index (χ1) is 8.17. The second kappa shape index (κ2) is 7.48. The summed E-state index contributed by atoms with van der Waals surface area (Å²) in [6.07, 6.45) is 1.85. The van der Waals surface area contributed by atoms with Gasteiger partial charge in [0.25, 0.3) is 0 Å². The number of ether oxygens (including phenoxy) is 2. The van der Waals surface area contributed by atoms with Crippen molar-refractivity contribution in [2.24, 2.45) is 0 Å². The summed E-state index contributed by atoms with van der Waals surface area (Å²) in [5.41, 5.74) is 0.776. The maximum atomic E-state index is 11.9. The Morgan fingerprint density at radius 3 is 2.35 bits per heavy atom. The molecule has 0 heterocycles. The predicted octanol–water partition coefficient (Wildman–Crippen LogP) is 1.74. The summed E-state index contributed by atoms with van der Waals surface area (Å²) in [5, 5.41) is 0. The molecule has 1 unspecified atom stereocenters. The molecular formula is C13H19O3S+. The molecule has 17 heavy (non-hydrogen) atoms. The normalized spacial score (nSPS) is 12.7. The van der Waals surface area contributed by atoms with Gasteiger partial charge in [-0.15, -0.1) is 0 Å². The molecule has 1 aromatic carbocycles. The lowest BCUT2D eigenvalue weighted by atomic mass is 10.2. The highest BCUT2D eigenvalue weighted by Gasteiger charge is 2.23. The van der Waals surface area contributed by atoms with Crippen molar-refractivity contribution in [3.05, 3.63) is 35.9 Å². The van der Waals surface area contributed by atoms with Crippen LogP contribution in [0.1, 0.15) is 10.4 Å². The Morgan fingerprint density at radius 1 is 1.24 bits per heavy atom. The molecule has 4 heteroatoms. The second-order valence-corrected chi connectivity index (χ2v) is 5.97. The predicted molar refractivity (Wildman–Crippen MR) is 71.6 cm³/mol. The number of benzene rings is 1. The second-order valence-electron chi connectivity index (χ2n) is 3.78. The highest BCUT2D eigenvalue weighted by molar-refractivity contribution is 7.96. The van der Waals surface area contributed by atoms with Crippen molar-refractivity contribution < 1.29 is 14.3 Å². The van der Waals surface area contributed by atoms with Gasteiger partial charge in [-0.25, -0.2) is 0 Å². The van der Waals surface area contributed by atoms with Crippen LogP contribution >= 0.6 is 0 Å². The third kappa shape index (κ3) is 4.89. The Kier molecular flexibility index (Phi) is 6.26. The smallest absolute Gasteiger partial charge is 0.211 e. The van der Waals surface area contributed by atoms with Crippen molar-refractivity contribution in [2.45, 2.75) is 6.29 Å². The number of carbonyl (C=O) groups is 1. The van der Waals surface area contributed by atoms with Crippen LogP contribution in [0.15, 0.2) is 30.3 Å². The zero-order chi connectivity index (χ0) is 12.7. The van der Waals surface area contributed by atoms with E-state index in [0.717, 1.165) is 11.3 Å². The molecule has 0 amide bonds. The van der Waals surface area contributed by atoms with Crippen LogP contribution in [0.2, 0.25) is 0 Å². The maximum absolute atomic E-state index is 11.9. The van der Waals surface area contributed by atoms with E-state index in [2.05, 4.69) is 6.26 Å². The van der Waals surface area contributed by atoms with Crippen LogP contribution < -0.4 is 0 Å². The summed E-state index contributed by atoms with van der Waals surface area (Å²) in [6, 6.07) is 9.38. The lowest BCUT2D eigenvalue weighted by Gasteiger charge is -2.12. The Hall–Kier alpha value is -0.840. The van der Waals surface area contributed by atoms with Gasteiger partial charge in [0.1, 0.15) is 0 Å². The van der Waals surface area contributed by atoms with E-state index in [1.165, 1.54) is 0 Å². The van der Waals surface area contributed by atoms with Crippen LogP contribution in [0.5, 0.6) is 0 Å². The van der Waals surface area contributed by atoms with Crippen molar-refractivity contribution in [1.29, 1.82) is 0 Å². The van der Waals surface area contributed by atoms with Gasteiger partial charge in [-0.2, -0.15) is 0 Å². The van der Waals surface area contributed by atoms with E-state index in [0.29, 0.717) is 5.75 Å². The molecule has 0 saturated carbocycles. The van der Waals surface area contributed by atoms with Crippen LogP contribution in [-0.2, 0) is 20.4 Å². The van der Waals surface area contributed by atoms with Gasteiger partial charge in [0.2, 0.25) is 12.1 Å². The quantitative estimate of drug-likeness (QED) is 0.423. The highest BCUT2D eigenvalue weighted by Crippen LogP contribution is 2.06. The Morgan fingerprint density at radius 2 is 1.82 bits per heavy atom. The first kappa shape index (κ1) is 14.2. The zero-order valence-corrected chi connectivity index (χ0v) is 11.3. The molecule has 0 aromatic heterocycles. The van der Waals surface area contributed by atoms with Gasteiger partial charge in [-0.1, -0.05) is 30.3 Å². The molecule has 94 valence electrons. The van der Waals surface area contributed by atoms with Crippen LogP contribution in [0.25, 0.3) is 0 Å². The van der Waals surface area contributed by atoms with Gasteiger partial charge < -0.3 is 9.47 Å². The number of methoxy groups -OCH3 is 2. The summed E-state index contributed by atoms with van der Waals surface area (Å²) >= 11 is 0. The standard InChI is InChI=1S/C13H19O3S/c1-15-13(16-2)10-17(3)9-12(14)11-7-5-4-6-8-11/h4-8,13H,9-10H2,1-3H3/q+1. The third-order valence-corrected chi connectivity index (χ3v) is 4.02. The molecule has 1 atom stereocenters. The zero-order valence-electron chi connectivity index (χ0n) is 10.5. The molecule has 0 spiro atoms. The molecule has 0 aliphatic rings. The van der Waals surface area contributed by atoms with Gasteiger partial charge in [0.15, 0.2) is 11.5 Å². The minimum Gasteiger partial charge on any atom is -0.352 e. The topological polar surface area (TPSA) is 35.5 Å². The third-order valence-electron chi connectivity index (χ3n) is 2.42. The van der Waals surface area contributed by atoms with E-state index >= 15 is 0 Å². The van der Waals surface area contributed by atoms with Gasteiger partial charge >= 0.3 is 0 Å². The molecule has 0 aliphatic carbocycles. The largest absolute Gasteiger partial charge is 0.352 e. The van der Waals surface area contributed by atoms with Crippen molar-refractivity contribution in [1.82, 2.24) is 0 Å². The summed E-state index contributed by atoms with van der Waals surface area (Å²) in [4.78, 5) is 11.9. The van der Waals surface area contributed by atoms with Crippen LogP contribution in [0.4, 0.5) is 0 Å². The molecule has 0 saturated heterocycles. The van der Waals surface area contributed by atoms with Crippen molar-refractivity contribution in [3.8, 4) is 0 Å². The Bertz CT molecular complexity index is 336. The average molecular weight is 255 g/mol. The van der Waals surface area contributed by atoms with E-state index in [4.69, 9.17) is 9.47 Å². The number of carbonyl (C=O) groups excluding carboxylic acids is 1. The minimum atomic E-state index is -0.216. The molecule has 0 fully saturated rings. The lowest BCUT2D eigenvalue weighted by Crippen LogP contribution is -2.28. The molecule has 1 rings (SSSR count). The Balaban J connectivity index is 2.46. The maximum Gasteiger partial charge on any atom is 0.211 e. The van der Waals surface area contributed by atoms with E-state index in [-0.39, 0.29) is 23.0 Å². The fourth-order valence-corrected chi connectivity index (χ4v) is 2.92. The summed E-state index contributed by atoms with van der Waals surface area (Å²) in [5.74, 6) is 1.49. The molecule has 1 aromatic rings. The Labute approximate surface area is 105 Å². The highest BCUT2D eigenvalue weighted by atomic mass is 32.2. The SMILES string of the molecule is COC(C[S+](C)CC(=O)c1ccccc1)OC. The van der Waals surface area contributed by atoms with Crippen molar-refractivity contribution in [3.63, 3.8) is 0 Å². The van der Waals surface area contributed by atoms with Crippen molar-refractivity contribution >= 4 is 16.7 Å². The fraction of sp³-hybridized carbons (Fsp3) is 0.462. The van der Waals surface area contributed by atoms with Crippen LogP contribution in [0, 0.1) is 0 Å². The number of hydrogen-bond donors (Lipinski definition) is 0. The number of ketones is 1. The number of hydrogen-bond acceptors (Lipinski definition) is 3. The molecule has 0 bridgehead atoms. The first-order valence-corrected chi connectivity index (χ1v) is 7.37. The van der Waals surface area contributed by atoms with Gasteiger partial charge in [-0.05, 0) is 10.9 Å². The molecule has 3 nitrogen and oxygen atoms in total. The van der Waals surface area contributed by atoms with Crippen LogP contribution in [0.3, 0.4) is 0 Å². The average Bonchev–Trinajstić information content (AvgIpc) is 2.37. The summed E-state index contributed by atoms with van der Waals surface area (Å²) in [7, 11) is 3.20. The first-order valence-electron chi connectivity index (χ1n) is 5.40. The van der Waals surface area contributed by atoms with E-state index in [1.54, 1.807) is 14.2 Å². The summed E-state index contributed by atoms with van der Waals surface area (Å²) in [6.45, 7) is 0. The molecule has 0 radical (unpaired) electrons. The molecule has 0 N–H and O–H groups in total. The van der Waals surface area contributed by atoms with E-state index < -0.39 is 0 Å². The fourth-order valence-electron chi connectivity index (χ4n) is 1.45. The molecule has 0 aliphatic heterocycles.